The van der Waals surface area contributed by atoms with Crippen LogP contribution in [0.5, 0.6) is 0 Å². The number of nitrogens with zero attached hydrogens (tertiary/aromatic N) is 3. The molecule has 1 fully saturated rings. The highest BCUT2D eigenvalue weighted by molar-refractivity contribution is 5.23. The van der Waals surface area contributed by atoms with E-state index >= 15 is 0 Å². The number of piperidine rings is 1. The second kappa shape index (κ2) is 5.32. The summed E-state index contributed by atoms with van der Waals surface area (Å²) in [5.41, 5.74) is 5.55. The number of aliphatic hydroxyl groups excluding tert-OH is 1. The minimum Gasteiger partial charge on any atom is -0.396 e. The van der Waals surface area contributed by atoms with E-state index in [9.17, 15) is 0 Å². The molecule has 1 aliphatic rings. The van der Waals surface area contributed by atoms with Crippen LogP contribution in [0, 0.1) is 5.92 Å². The zero-order chi connectivity index (χ0) is 11.4. The Morgan fingerprint density at radius 2 is 2.12 bits per heavy atom. The van der Waals surface area contributed by atoms with Gasteiger partial charge >= 0.3 is 0 Å². The molecule has 2 rings (SSSR count). The van der Waals surface area contributed by atoms with Gasteiger partial charge in [-0.05, 0) is 37.9 Å². The van der Waals surface area contributed by atoms with Crippen LogP contribution >= 0.6 is 0 Å². The first-order valence-electron chi connectivity index (χ1n) is 5.90. The lowest BCUT2D eigenvalue weighted by Crippen LogP contribution is -2.36. The van der Waals surface area contributed by atoms with E-state index in [2.05, 4.69) is 10.00 Å². The van der Waals surface area contributed by atoms with E-state index in [4.69, 9.17) is 10.8 Å². The van der Waals surface area contributed by atoms with Crippen LogP contribution in [0.4, 0.5) is 5.82 Å². The van der Waals surface area contributed by atoms with Crippen LogP contribution < -0.4 is 5.73 Å². The fraction of sp³-hybridized carbons (Fsp3) is 0.727. The first-order chi connectivity index (χ1) is 7.78. The summed E-state index contributed by atoms with van der Waals surface area (Å²) in [4.78, 5) is 2.42. The second-order valence-corrected chi connectivity index (χ2v) is 4.47. The summed E-state index contributed by atoms with van der Waals surface area (Å²) in [5, 5.41) is 13.2. The van der Waals surface area contributed by atoms with Gasteiger partial charge in [-0.25, -0.2) is 0 Å². The molecule has 0 saturated carbocycles. The molecule has 2 heterocycles. The van der Waals surface area contributed by atoms with E-state index in [0.29, 0.717) is 18.3 Å². The van der Waals surface area contributed by atoms with E-state index in [1.54, 1.807) is 0 Å². The minimum atomic E-state index is 0.337. The Bertz CT molecular complexity index is 318. The Kier molecular flexibility index (Phi) is 3.79. The van der Waals surface area contributed by atoms with E-state index in [1.807, 2.05) is 16.9 Å². The van der Waals surface area contributed by atoms with Crippen molar-refractivity contribution >= 4 is 5.82 Å². The molecule has 5 nitrogen and oxygen atoms in total. The zero-order valence-corrected chi connectivity index (χ0v) is 9.55. The van der Waals surface area contributed by atoms with Crippen LogP contribution in [0.15, 0.2) is 12.3 Å². The predicted octanol–water partition coefficient (Wildman–Crippen LogP) is 0.170. The van der Waals surface area contributed by atoms with Gasteiger partial charge in [-0.2, -0.15) is 5.10 Å². The number of aliphatic hydroxyl groups is 1. The molecule has 16 heavy (non-hydrogen) atoms. The van der Waals surface area contributed by atoms with E-state index in [1.165, 1.54) is 0 Å². The lowest BCUT2D eigenvalue weighted by atomic mass is 9.98. The van der Waals surface area contributed by atoms with Crippen molar-refractivity contribution in [2.24, 2.45) is 5.92 Å². The largest absolute Gasteiger partial charge is 0.396 e. The van der Waals surface area contributed by atoms with Gasteiger partial charge in [0.15, 0.2) is 0 Å². The number of hydrogen-bond donors (Lipinski definition) is 2. The van der Waals surface area contributed by atoms with Crippen LogP contribution in [0.25, 0.3) is 0 Å². The molecule has 5 heteroatoms. The molecule has 0 unspecified atom stereocenters. The van der Waals surface area contributed by atoms with Gasteiger partial charge in [-0.3, -0.25) is 4.68 Å². The molecule has 3 N–H and O–H groups in total. The SMILES string of the molecule is Nc1ccn(CCN2CCC(CO)CC2)n1. The van der Waals surface area contributed by atoms with Crippen LogP contribution in [-0.4, -0.2) is 46.0 Å². The van der Waals surface area contributed by atoms with Crippen LogP contribution in [0.2, 0.25) is 0 Å². The number of hydrogen-bond acceptors (Lipinski definition) is 4. The number of nitrogen functional groups attached to an aromatic ring is 1. The van der Waals surface area contributed by atoms with Crippen LogP contribution in [0.3, 0.4) is 0 Å². The van der Waals surface area contributed by atoms with Crippen molar-refractivity contribution in [2.45, 2.75) is 19.4 Å². The van der Waals surface area contributed by atoms with Gasteiger partial charge in [0.2, 0.25) is 0 Å². The van der Waals surface area contributed by atoms with Crippen molar-refractivity contribution in [1.29, 1.82) is 0 Å². The molecule has 0 radical (unpaired) electrons. The van der Waals surface area contributed by atoms with Gasteiger partial charge < -0.3 is 15.7 Å². The Morgan fingerprint density at radius 1 is 1.38 bits per heavy atom. The quantitative estimate of drug-likeness (QED) is 0.765. The number of aromatic nitrogens is 2. The normalized spacial score (nSPS) is 19.1. The predicted molar refractivity (Wildman–Crippen MR) is 62.9 cm³/mol. The van der Waals surface area contributed by atoms with E-state index < -0.39 is 0 Å². The van der Waals surface area contributed by atoms with Crippen molar-refractivity contribution in [3.8, 4) is 0 Å². The van der Waals surface area contributed by atoms with Gasteiger partial charge in [0.05, 0.1) is 6.54 Å². The van der Waals surface area contributed by atoms with E-state index in [0.717, 1.165) is 39.0 Å². The smallest absolute Gasteiger partial charge is 0.145 e. The lowest BCUT2D eigenvalue weighted by molar-refractivity contribution is 0.128. The van der Waals surface area contributed by atoms with Crippen molar-refractivity contribution in [3.05, 3.63) is 12.3 Å². The molecular formula is C11H20N4O. The monoisotopic (exact) mass is 224 g/mol. The van der Waals surface area contributed by atoms with Gasteiger partial charge in [0.25, 0.3) is 0 Å². The summed E-state index contributed by atoms with van der Waals surface area (Å²) in [7, 11) is 0. The average molecular weight is 224 g/mol. The Morgan fingerprint density at radius 3 is 2.69 bits per heavy atom. The topological polar surface area (TPSA) is 67.3 Å². The van der Waals surface area contributed by atoms with Gasteiger partial charge in [-0.1, -0.05) is 0 Å². The molecule has 0 spiro atoms. The molecule has 90 valence electrons. The molecule has 0 aromatic carbocycles. The second-order valence-electron chi connectivity index (χ2n) is 4.47. The summed E-state index contributed by atoms with van der Waals surface area (Å²) in [5.74, 6) is 1.09. The fourth-order valence-corrected chi connectivity index (χ4v) is 2.14. The summed E-state index contributed by atoms with van der Waals surface area (Å²) in [6.45, 7) is 4.41. The molecule has 1 saturated heterocycles. The average Bonchev–Trinajstić information content (AvgIpc) is 2.73. The van der Waals surface area contributed by atoms with Gasteiger partial charge in [0, 0.05) is 19.3 Å². The Labute approximate surface area is 95.8 Å². The van der Waals surface area contributed by atoms with Gasteiger partial charge in [0.1, 0.15) is 5.82 Å². The Hall–Kier alpha value is -1.07. The fourth-order valence-electron chi connectivity index (χ4n) is 2.14. The molecular weight excluding hydrogens is 204 g/mol. The molecule has 0 atom stereocenters. The van der Waals surface area contributed by atoms with Crippen molar-refractivity contribution in [2.75, 3.05) is 32.0 Å². The summed E-state index contributed by atoms with van der Waals surface area (Å²) < 4.78 is 1.88. The highest BCUT2D eigenvalue weighted by Crippen LogP contribution is 2.15. The van der Waals surface area contributed by atoms with E-state index in [-0.39, 0.29) is 0 Å². The molecule has 0 aliphatic carbocycles. The highest BCUT2D eigenvalue weighted by atomic mass is 16.3. The zero-order valence-electron chi connectivity index (χ0n) is 9.55. The molecule has 1 aliphatic heterocycles. The maximum Gasteiger partial charge on any atom is 0.145 e. The first-order valence-corrected chi connectivity index (χ1v) is 5.90. The third-order valence-electron chi connectivity index (χ3n) is 3.27. The third kappa shape index (κ3) is 2.96. The molecule has 0 amide bonds. The maximum atomic E-state index is 9.04. The number of likely N-dealkylation sites (tertiary alicyclic amines) is 1. The standard InChI is InChI=1S/C11H20N4O/c12-11-3-6-15(13-11)8-7-14-4-1-10(9-16)2-5-14/h3,6,10,16H,1-2,4-5,7-9H2,(H2,12,13). The Balaban J connectivity index is 1.71. The summed E-state index contributed by atoms with van der Waals surface area (Å²) in [6, 6.07) is 1.82. The van der Waals surface area contributed by atoms with Crippen LogP contribution in [-0.2, 0) is 6.54 Å². The summed E-state index contributed by atoms with van der Waals surface area (Å²) in [6.07, 6.45) is 4.13. The van der Waals surface area contributed by atoms with Crippen molar-refractivity contribution < 1.29 is 5.11 Å². The lowest BCUT2D eigenvalue weighted by Gasteiger charge is -2.30. The van der Waals surface area contributed by atoms with Crippen molar-refractivity contribution in [1.82, 2.24) is 14.7 Å². The summed E-state index contributed by atoms with van der Waals surface area (Å²) >= 11 is 0. The molecule has 0 bridgehead atoms. The number of anilines is 1. The number of nitrogens with two attached hydrogens (primary N) is 1. The highest BCUT2D eigenvalue weighted by Gasteiger charge is 2.17. The number of rotatable bonds is 4. The minimum absolute atomic E-state index is 0.337. The molecule has 1 aromatic heterocycles. The maximum absolute atomic E-state index is 9.04. The van der Waals surface area contributed by atoms with Gasteiger partial charge in [-0.15, -0.1) is 0 Å². The first kappa shape index (κ1) is 11.4. The third-order valence-corrected chi connectivity index (χ3v) is 3.27. The van der Waals surface area contributed by atoms with Crippen molar-refractivity contribution in [3.63, 3.8) is 0 Å². The van der Waals surface area contributed by atoms with Crippen LogP contribution in [0.1, 0.15) is 12.8 Å². The molecule has 1 aromatic rings.